The number of allylic oxidation sites excluding steroid dienone is 3. The minimum Gasteiger partial charge on any atom is -0.378 e. The maximum atomic E-state index is 4.52. The molecule has 3 heteroatoms. The van der Waals surface area contributed by atoms with Crippen molar-refractivity contribution in [2.75, 3.05) is 14.1 Å². The number of hydrogen-bond acceptors (Lipinski definition) is 3. The molecule has 0 radical (unpaired) electrons. The second-order valence-corrected chi connectivity index (χ2v) is 6.71. The van der Waals surface area contributed by atoms with Crippen molar-refractivity contribution in [3.05, 3.63) is 53.2 Å². The molecule has 0 aliphatic heterocycles. The number of nitrogens with one attached hydrogen (secondary N) is 1. The average Bonchev–Trinajstić information content (AvgIpc) is 3.06. The van der Waals surface area contributed by atoms with Crippen molar-refractivity contribution < 1.29 is 0 Å². The Morgan fingerprint density at radius 2 is 1.91 bits per heavy atom. The minimum atomic E-state index is 0.555. The second kappa shape index (κ2) is 7.49. The normalized spacial score (nSPS) is 18.9. The van der Waals surface area contributed by atoms with Crippen molar-refractivity contribution in [1.82, 2.24) is 10.3 Å². The van der Waals surface area contributed by atoms with Crippen LogP contribution in [0.25, 0.3) is 5.57 Å². The molecule has 2 aliphatic carbocycles. The molecule has 3 nitrogen and oxygen atoms in total. The van der Waals surface area contributed by atoms with E-state index in [-0.39, 0.29) is 0 Å². The molecule has 0 bridgehead atoms. The molecule has 23 heavy (non-hydrogen) atoms. The molecule has 2 aliphatic rings. The summed E-state index contributed by atoms with van der Waals surface area (Å²) >= 11 is 0. The Kier molecular flexibility index (Phi) is 5.16. The Morgan fingerprint density at radius 3 is 2.65 bits per heavy atom. The van der Waals surface area contributed by atoms with Gasteiger partial charge in [0.25, 0.3) is 0 Å². The number of benzene rings is 1. The van der Waals surface area contributed by atoms with Gasteiger partial charge < -0.3 is 10.3 Å². The summed E-state index contributed by atoms with van der Waals surface area (Å²) in [5.74, 6) is 0. The molecule has 0 spiro atoms. The van der Waals surface area contributed by atoms with Crippen LogP contribution in [0.1, 0.15) is 49.7 Å². The van der Waals surface area contributed by atoms with E-state index in [0.29, 0.717) is 6.04 Å². The Hall–Kier alpha value is -2.03. The van der Waals surface area contributed by atoms with Crippen molar-refractivity contribution >= 4 is 11.8 Å². The van der Waals surface area contributed by atoms with Gasteiger partial charge in [0.15, 0.2) is 0 Å². The SMILES string of the molecule is CN(C)C1=CCC(c2ccccc2C=NNC2CCCCC2)=C1. The predicted molar refractivity (Wildman–Crippen MR) is 98.4 cm³/mol. The largest absolute Gasteiger partial charge is 0.378 e. The quantitative estimate of drug-likeness (QED) is 0.653. The maximum absolute atomic E-state index is 4.52. The summed E-state index contributed by atoms with van der Waals surface area (Å²) in [4.78, 5) is 2.16. The fraction of sp³-hybridized carbons (Fsp3) is 0.450. The van der Waals surface area contributed by atoms with Crippen LogP contribution in [0.5, 0.6) is 0 Å². The van der Waals surface area contributed by atoms with E-state index in [4.69, 9.17) is 0 Å². The van der Waals surface area contributed by atoms with Gasteiger partial charge in [0.1, 0.15) is 0 Å². The van der Waals surface area contributed by atoms with E-state index in [2.05, 4.69) is 65.9 Å². The van der Waals surface area contributed by atoms with Crippen LogP contribution in [0.15, 0.2) is 47.2 Å². The summed E-state index contributed by atoms with van der Waals surface area (Å²) in [5, 5.41) is 4.52. The first-order valence-electron chi connectivity index (χ1n) is 8.70. The molecular formula is C20H27N3. The molecule has 1 N–H and O–H groups in total. The molecule has 1 aromatic carbocycles. The van der Waals surface area contributed by atoms with Crippen molar-refractivity contribution in [2.45, 2.75) is 44.6 Å². The van der Waals surface area contributed by atoms with Crippen LogP contribution in [0.2, 0.25) is 0 Å². The Labute approximate surface area is 139 Å². The molecular weight excluding hydrogens is 282 g/mol. The molecule has 0 amide bonds. The van der Waals surface area contributed by atoms with Crippen LogP contribution in [-0.2, 0) is 0 Å². The van der Waals surface area contributed by atoms with E-state index in [1.54, 1.807) is 0 Å². The first kappa shape index (κ1) is 15.9. The first-order valence-corrected chi connectivity index (χ1v) is 8.70. The number of hydrazone groups is 1. The molecule has 122 valence electrons. The standard InChI is InChI=1S/C20H27N3/c1-23(2)19-13-12-16(14-19)20-11-7-6-8-17(20)15-21-22-18-9-4-3-5-10-18/h6-8,11,13-15,18,22H,3-5,9-10,12H2,1-2H3. The van der Waals surface area contributed by atoms with Gasteiger partial charge in [-0.25, -0.2) is 0 Å². The summed E-state index contributed by atoms with van der Waals surface area (Å²) in [5.41, 5.74) is 8.47. The number of likely N-dealkylation sites (N-methyl/N-ethyl adjacent to an activating group) is 1. The fourth-order valence-electron chi connectivity index (χ4n) is 3.36. The average molecular weight is 309 g/mol. The lowest BCUT2D eigenvalue weighted by Gasteiger charge is -2.20. The zero-order valence-electron chi connectivity index (χ0n) is 14.3. The third-order valence-electron chi connectivity index (χ3n) is 4.74. The fourth-order valence-corrected chi connectivity index (χ4v) is 3.36. The van der Waals surface area contributed by atoms with E-state index < -0.39 is 0 Å². The van der Waals surface area contributed by atoms with Gasteiger partial charge in [0.2, 0.25) is 0 Å². The lowest BCUT2D eigenvalue weighted by molar-refractivity contribution is 0.381. The van der Waals surface area contributed by atoms with Crippen LogP contribution in [0.4, 0.5) is 0 Å². The topological polar surface area (TPSA) is 27.6 Å². The number of hydrogen-bond donors (Lipinski definition) is 1. The van der Waals surface area contributed by atoms with Gasteiger partial charge in [-0.3, -0.25) is 0 Å². The van der Waals surface area contributed by atoms with Gasteiger partial charge in [-0.05, 0) is 36.5 Å². The molecule has 0 atom stereocenters. The highest BCUT2D eigenvalue weighted by atomic mass is 15.3. The van der Waals surface area contributed by atoms with Gasteiger partial charge in [-0.1, -0.05) is 49.6 Å². The Bertz CT molecular complexity index is 620. The number of nitrogens with zero attached hydrogens (tertiary/aromatic N) is 2. The molecule has 1 saturated carbocycles. The summed E-state index contributed by atoms with van der Waals surface area (Å²) in [6.07, 6.45) is 14.1. The van der Waals surface area contributed by atoms with Crippen LogP contribution in [0, 0.1) is 0 Å². The van der Waals surface area contributed by atoms with E-state index in [1.165, 1.54) is 54.5 Å². The molecule has 0 saturated heterocycles. The molecule has 0 heterocycles. The van der Waals surface area contributed by atoms with Gasteiger partial charge >= 0.3 is 0 Å². The third-order valence-corrected chi connectivity index (χ3v) is 4.74. The molecule has 0 aromatic heterocycles. The third kappa shape index (κ3) is 4.04. The molecule has 0 unspecified atom stereocenters. The minimum absolute atomic E-state index is 0.555. The smallest absolute Gasteiger partial charge is 0.0546 e. The van der Waals surface area contributed by atoms with E-state index >= 15 is 0 Å². The van der Waals surface area contributed by atoms with Crippen LogP contribution in [-0.4, -0.2) is 31.3 Å². The highest BCUT2D eigenvalue weighted by Gasteiger charge is 2.13. The lowest BCUT2D eigenvalue weighted by Crippen LogP contribution is -2.26. The molecule has 1 aromatic rings. The summed E-state index contributed by atoms with van der Waals surface area (Å²) in [6.45, 7) is 0. The van der Waals surface area contributed by atoms with Crippen LogP contribution < -0.4 is 5.43 Å². The van der Waals surface area contributed by atoms with Crippen molar-refractivity contribution in [3.63, 3.8) is 0 Å². The molecule has 1 fully saturated rings. The zero-order valence-corrected chi connectivity index (χ0v) is 14.3. The highest BCUT2D eigenvalue weighted by Crippen LogP contribution is 2.29. The van der Waals surface area contributed by atoms with Crippen molar-refractivity contribution in [1.29, 1.82) is 0 Å². The van der Waals surface area contributed by atoms with Crippen molar-refractivity contribution in [3.8, 4) is 0 Å². The van der Waals surface area contributed by atoms with Crippen LogP contribution in [0.3, 0.4) is 0 Å². The summed E-state index contributed by atoms with van der Waals surface area (Å²) in [6, 6.07) is 9.09. The van der Waals surface area contributed by atoms with Gasteiger partial charge in [-0.15, -0.1) is 0 Å². The summed E-state index contributed by atoms with van der Waals surface area (Å²) in [7, 11) is 4.18. The predicted octanol–water partition coefficient (Wildman–Crippen LogP) is 4.18. The first-order chi connectivity index (χ1) is 11.2. The van der Waals surface area contributed by atoms with E-state index in [1.807, 2.05) is 6.21 Å². The summed E-state index contributed by atoms with van der Waals surface area (Å²) < 4.78 is 0. The monoisotopic (exact) mass is 309 g/mol. The van der Waals surface area contributed by atoms with E-state index in [0.717, 1.165) is 6.42 Å². The van der Waals surface area contributed by atoms with Gasteiger partial charge in [0.05, 0.1) is 6.21 Å². The second-order valence-electron chi connectivity index (χ2n) is 6.71. The Morgan fingerprint density at radius 1 is 1.13 bits per heavy atom. The van der Waals surface area contributed by atoms with E-state index in [9.17, 15) is 0 Å². The Balaban J connectivity index is 1.70. The maximum Gasteiger partial charge on any atom is 0.0546 e. The van der Waals surface area contributed by atoms with Gasteiger partial charge in [-0.2, -0.15) is 5.10 Å². The number of rotatable bonds is 5. The van der Waals surface area contributed by atoms with Gasteiger partial charge in [0, 0.05) is 31.4 Å². The highest BCUT2D eigenvalue weighted by molar-refractivity contribution is 5.89. The lowest BCUT2D eigenvalue weighted by atomic mass is 9.96. The zero-order chi connectivity index (χ0) is 16.1. The van der Waals surface area contributed by atoms with Crippen LogP contribution >= 0.6 is 0 Å². The van der Waals surface area contributed by atoms with Crippen molar-refractivity contribution in [2.24, 2.45) is 5.10 Å². The molecule has 3 rings (SSSR count).